The lowest BCUT2D eigenvalue weighted by molar-refractivity contribution is 0.101. The molecule has 0 aliphatic heterocycles. The fourth-order valence-corrected chi connectivity index (χ4v) is 5.49. The van der Waals surface area contributed by atoms with Crippen molar-refractivity contribution >= 4 is 52.3 Å². The summed E-state index contributed by atoms with van der Waals surface area (Å²) in [6.07, 6.45) is 20.3. The number of aromatic nitrogens is 2. The molecule has 2 aliphatic rings. The Morgan fingerprint density at radius 1 is 0.735 bits per heavy atom. The van der Waals surface area contributed by atoms with Crippen molar-refractivity contribution in [3.8, 4) is 11.4 Å². The maximum absolute atomic E-state index is 13.0. The molecule has 240 valence electrons. The van der Waals surface area contributed by atoms with E-state index in [0.717, 1.165) is 64.8 Å². The zero-order valence-electron chi connectivity index (χ0n) is 26.8. The maximum Gasteiger partial charge on any atom is 0.255 e. The lowest BCUT2D eigenvalue weighted by Crippen LogP contribution is -2.11. The van der Waals surface area contributed by atoms with Crippen molar-refractivity contribution in [2.24, 2.45) is 9.98 Å². The third kappa shape index (κ3) is 7.94. The zero-order chi connectivity index (χ0) is 33.4. The molecule has 49 heavy (non-hydrogen) atoms. The van der Waals surface area contributed by atoms with E-state index in [4.69, 9.17) is 4.98 Å². The van der Waals surface area contributed by atoms with Gasteiger partial charge in [-0.25, -0.2) is 4.98 Å². The number of nitrogens with one attached hydrogen (secondary N) is 3. The van der Waals surface area contributed by atoms with Gasteiger partial charge in [-0.15, -0.1) is 0 Å². The van der Waals surface area contributed by atoms with Crippen molar-refractivity contribution in [2.45, 2.75) is 25.7 Å². The number of H-pyrrole nitrogens is 1. The lowest BCUT2D eigenvalue weighted by Gasteiger charge is -2.06. The van der Waals surface area contributed by atoms with Crippen molar-refractivity contribution in [1.82, 2.24) is 9.97 Å². The number of rotatable bonds is 9. The van der Waals surface area contributed by atoms with Crippen LogP contribution in [0.2, 0.25) is 0 Å². The van der Waals surface area contributed by atoms with Crippen LogP contribution >= 0.6 is 0 Å². The van der Waals surface area contributed by atoms with Gasteiger partial charge in [0, 0.05) is 46.2 Å². The third-order valence-electron chi connectivity index (χ3n) is 8.22. The lowest BCUT2D eigenvalue weighted by atomic mass is 10.1. The number of hydrogen-bond acceptors (Lipinski definition) is 5. The highest BCUT2D eigenvalue weighted by molar-refractivity contribution is 6.06. The van der Waals surface area contributed by atoms with Crippen LogP contribution in [0.25, 0.3) is 22.4 Å². The van der Waals surface area contributed by atoms with E-state index in [0.29, 0.717) is 28.3 Å². The van der Waals surface area contributed by atoms with Gasteiger partial charge in [-0.2, -0.15) is 0 Å². The van der Waals surface area contributed by atoms with Crippen LogP contribution in [0, 0.1) is 0 Å². The Kier molecular flexibility index (Phi) is 9.27. The number of carbonyl (C=O) groups excluding carboxylic acids is 2. The minimum Gasteiger partial charge on any atom is -0.338 e. The predicted molar refractivity (Wildman–Crippen MR) is 199 cm³/mol. The molecule has 3 N–H and O–H groups in total. The molecule has 0 radical (unpaired) electrons. The number of aromatic amines is 1. The monoisotopic (exact) mass is 642 g/mol. The summed E-state index contributed by atoms with van der Waals surface area (Å²) in [5, 5.41) is 5.92. The van der Waals surface area contributed by atoms with Crippen LogP contribution in [0.15, 0.2) is 149 Å². The minimum absolute atomic E-state index is 0.199. The van der Waals surface area contributed by atoms with Crippen molar-refractivity contribution in [3.63, 3.8) is 0 Å². The smallest absolute Gasteiger partial charge is 0.255 e. The summed E-state index contributed by atoms with van der Waals surface area (Å²) in [5.41, 5.74) is 8.73. The molecule has 8 nitrogen and oxygen atoms in total. The predicted octanol–water partition coefficient (Wildman–Crippen LogP) is 9.37. The Hall–Kier alpha value is -6.41. The summed E-state index contributed by atoms with van der Waals surface area (Å²) in [5.74, 6) is 0.282. The van der Waals surface area contributed by atoms with E-state index in [1.807, 2.05) is 91.3 Å². The van der Waals surface area contributed by atoms with Gasteiger partial charge in [0.2, 0.25) is 0 Å². The van der Waals surface area contributed by atoms with Crippen LogP contribution in [-0.4, -0.2) is 34.2 Å². The molecule has 8 heteroatoms. The summed E-state index contributed by atoms with van der Waals surface area (Å²) >= 11 is 0. The molecule has 0 saturated heterocycles. The number of allylic oxidation sites excluding steroid dienone is 8. The van der Waals surface area contributed by atoms with Gasteiger partial charge in [0.05, 0.1) is 16.7 Å². The van der Waals surface area contributed by atoms with Gasteiger partial charge < -0.3 is 15.6 Å². The highest BCUT2D eigenvalue weighted by Gasteiger charge is 2.11. The molecule has 4 aromatic carbocycles. The Bertz CT molecular complexity index is 2180. The Balaban J connectivity index is 0.952. The van der Waals surface area contributed by atoms with Gasteiger partial charge in [-0.05, 0) is 122 Å². The number of carbonyl (C=O) groups is 2. The Morgan fingerprint density at radius 3 is 2.18 bits per heavy atom. The van der Waals surface area contributed by atoms with Crippen molar-refractivity contribution in [2.75, 3.05) is 10.6 Å². The van der Waals surface area contributed by atoms with Crippen LogP contribution in [0.5, 0.6) is 0 Å². The molecule has 0 atom stereocenters. The van der Waals surface area contributed by atoms with Crippen LogP contribution in [0.1, 0.15) is 52.0 Å². The number of hydrogen-bond donors (Lipinski definition) is 3. The first-order valence-corrected chi connectivity index (χ1v) is 16.3. The highest BCUT2D eigenvalue weighted by Crippen LogP contribution is 2.25. The average molecular weight is 643 g/mol. The summed E-state index contributed by atoms with van der Waals surface area (Å²) in [6.45, 7) is 0. The average Bonchev–Trinajstić information content (AvgIpc) is 3.58. The first-order chi connectivity index (χ1) is 24.1. The standard InChI is InChI=1S/C41H34N6O2/c48-40(32-17-19-34(20-18-32)43-26-28-7-3-1-4-8-28)44-35-21-15-30(16-22-35)39-46-37-24-23-36(25-38(37)47-39)45-41(49)31-13-11-29(12-14-31)27-42-33-9-5-2-6-10-33/h2-3,5,7-9,11-27H,1,4,6,10H2,(H,44,48)(H,45,49)(H,46,47). The molecule has 0 fully saturated rings. The van der Waals surface area contributed by atoms with Gasteiger partial charge >= 0.3 is 0 Å². The Morgan fingerprint density at radius 2 is 1.47 bits per heavy atom. The Labute approximate surface area is 284 Å². The van der Waals surface area contributed by atoms with E-state index in [1.165, 1.54) is 0 Å². The summed E-state index contributed by atoms with van der Waals surface area (Å²) < 4.78 is 0. The number of amides is 2. The summed E-state index contributed by atoms with van der Waals surface area (Å²) in [6, 6.07) is 27.7. The topological polar surface area (TPSA) is 112 Å². The first kappa shape index (κ1) is 31.2. The molecular formula is C41H34N6O2. The fourth-order valence-electron chi connectivity index (χ4n) is 5.49. The molecular weight excluding hydrogens is 608 g/mol. The van der Waals surface area contributed by atoms with E-state index in [-0.39, 0.29) is 11.8 Å². The van der Waals surface area contributed by atoms with E-state index in [9.17, 15) is 9.59 Å². The maximum atomic E-state index is 13.0. The molecule has 2 amide bonds. The molecule has 0 bridgehead atoms. The number of nitrogens with zero attached hydrogens (tertiary/aromatic N) is 3. The molecule has 0 spiro atoms. The van der Waals surface area contributed by atoms with Crippen LogP contribution in [0.4, 0.5) is 17.1 Å². The second kappa shape index (κ2) is 14.6. The number of benzene rings is 4. The van der Waals surface area contributed by atoms with E-state index in [2.05, 4.69) is 49.9 Å². The largest absolute Gasteiger partial charge is 0.338 e. The minimum atomic E-state index is -0.203. The van der Waals surface area contributed by atoms with Crippen molar-refractivity contribution in [3.05, 3.63) is 155 Å². The SMILES string of the molecule is O=C(Nc1ccc(-c2nc3cc(NC(=O)c4ccc(C=NC5=CC=CCC5)cc4)ccc3[nH]2)cc1)c1ccc(N=CC2=CCCC=C2)cc1. The molecule has 1 aromatic heterocycles. The van der Waals surface area contributed by atoms with Crippen LogP contribution in [0.3, 0.4) is 0 Å². The van der Waals surface area contributed by atoms with Gasteiger partial charge in [0.1, 0.15) is 5.82 Å². The van der Waals surface area contributed by atoms with Crippen LogP contribution in [-0.2, 0) is 0 Å². The van der Waals surface area contributed by atoms with Gasteiger partial charge in [0.25, 0.3) is 11.8 Å². The second-order valence-electron chi connectivity index (χ2n) is 11.8. The van der Waals surface area contributed by atoms with Gasteiger partial charge in [-0.3, -0.25) is 19.6 Å². The number of imidazole rings is 1. The molecule has 1 heterocycles. The molecule has 0 saturated carbocycles. The molecule has 0 unspecified atom stereocenters. The van der Waals surface area contributed by atoms with Gasteiger partial charge in [0.15, 0.2) is 0 Å². The molecule has 5 aromatic rings. The van der Waals surface area contributed by atoms with E-state index < -0.39 is 0 Å². The quantitative estimate of drug-likeness (QED) is 0.139. The van der Waals surface area contributed by atoms with Crippen LogP contribution < -0.4 is 10.6 Å². The highest BCUT2D eigenvalue weighted by atomic mass is 16.2. The normalized spacial score (nSPS) is 14.3. The van der Waals surface area contributed by atoms with E-state index in [1.54, 1.807) is 24.3 Å². The molecule has 7 rings (SSSR count). The number of aliphatic imine (C=N–C) groups is 2. The number of anilines is 2. The number of fused-ring (bicyclic) bond motifs is 1. The third-order valence-corrected chi connectivity index (χ3v) is 8.22. The summed E-state index contributed by atoms with van der Waals surface area (Å²) in [7, 11) is 0. The second-order valence-corrected chi connectivity index (χ2v) is 11.8. The zero-order valence-corrected chi connectivity index (χ0v) is 26.8. The van der Waals surface area contributed by atoms with Gasteiger partial charge in [-0.1, -0.05) is 42.5 Å². The van der Waals surface area contributed by atoms with E-state index >= 15 is 0 Å². The summed E-state index contributed by atoms with van der Waals surface area (Å²) in [4.78, 5) is 43.0. The van der Waals surface area contributed by atoms with Crippen molar-refractivity contribution in [1.29, 1.82) is 0 Å². The first-order valence-electron chi connectivity index (χ1n) is 16.3. The molecule has 2 aliphatic carbocycles. The van der Waals surface area contributed by atoms with Crippen molar-refractivity contribution < 1.29 is 9.59 Å². The fraction of sp³-hybridized carbons (Fsp3) is 0.0976.